The van der Waals surface area contributed by atoms with Crippen molar-refractivity contribution in [1.29, 1.82) is 0 Å². The van der Waals surface area contributed by atoms with Gasteiger partial charge in [-0.15, -0.1) is 0 Å². The molecule has 1 amide bonds. The van der Waals surface area contributed by atoms with Crippen LogP contribution in [0.1, 0.15) is 11.1 Å². The molecule has 0 spiro atoms. The number of amides is 1. The number of carbonyl (C=O) groups is 2. The Morgan fingerprint density at radius 1 is 0.800 bits per heavy atom. The van der Waals surface area contributed by atoms with Crippen molar-refractivity contribution in [3.8, 4) is 11.5 Å². The molecule has 0 fully saturated rings. The van der Waals surface area contributed by atoms with Crippen molar-refractivity contribution in [3.05, 3.63) is 87.5 Å². The van der Waals surface area contributed by atoms with Gasteiger partial charge in [-0.2, -0.15) is 0 Å². The zero-order valence-corrected chi connectivity index (χ0v) is 18.7. The van der Waals surface area contributed by atoms with Crippen LogP contribution in [0.5, 0.6) is 11.5 Å². The fourth-order valence-corrected chi connectivity index (χ4v) is 3.02. The number of aryl methyl sites for hydroxylation is 1. The van der Waals surface area contributed by atoms with Gasteiger partial charge in [0.1, 0.15) is 18.1 Å². The van der Waals surface area contributed by atoms with Crippen molar-refractivity contribution in [1.82, 2.24) is 0 Å². The molecule has 30 heavy (non-hydrogen) atoms. The van der Waals surface area contributed by atoms with Crippen molar-refractivity contribution in [3.63, 3.8) is 0 Å². The topological polar surface area (TPSA) is 64.6 Å². The van der Waals surface area contributed by atoms with Crippen LogP contribution >= 0.6 is 22.6 Å². The second kappa shape index (κ2) is 10.8. The van der Waals surface area contributed by atoms with Gasteiger partial charge >= 0.3 is 0 Å². The summed E-state index contributed by atoms with van der Waals surface area (Å²) in [5.74, 6) is 1.06. The Balaban J connectivity index is 1.42. The smallest absolute Gasteiger partial charge is 0.262 e. The maximum Gasteiger partial charge on any atom is 0.262 e. The molecule has 0 aliphatic heterocycles. The van der Waals surface area contributed by atoms with E-state index in [4.69, 9.17) is 9.47 Å². The van der Waals surface area contributed by atoms with E-state index in [0.29, 0.717) is 17.2 Å². The van der Waals surface area contributed by atoms with Crippen LogP contribution in [0.2, 0.25) is 0 Å². The molecule has 3 aromatic carbocycles. The van der Waals surface area contributed by atoms with Gasteiger partial charge < -0.3 is 14.8 Å². The summed E-state index contributed by atoms with van der Waals surface area (Å²) >= 11 is 2.21. The lowest BCUT2D eigenvalue weighted by atomic mass is 10.1. The van der Waals surface area contributed by atoms with Crippen LogP contribution in [-0.2, 0) is 16.0 Å². The monoisotopic (exact) mass is 515 g/mol. The van der Waals surface area contributed by atoms with Crippen LogP contribution in [0.4, 0.5) is 5.69 Å². The molecule has 1 N–H and O–H groups in total. The van der Waals surface area contributed by atoms with E-state index in [2.05, 4.69) is 27.9 Å². The summed E-state index contributed by atoms with van der Waals surface area (Å²) in [6.45, 7) is 1.95. The lowest BCUT2D eigenvalue weighted by Crippen LogP contribution is -2.20. The van der Waals surface area contributed by atoms with E-state index in [9.17, 15) is 9.59 Å². The van der Waals surface area contributed by atoms with Crippen LogP contribution < -0.4 is 14.8 Å². The normalized spacial score (nSPS) is 10.3. The molecule has 0 radical (unpaired) electrons. The summed E-state index contributed by atoms with van der Waals surface area (Å²) in [4.78, 5) is 24.2. The highest BCUT2D eigenvalue weighted by Gasteiger charge is 2.07. The summed E-state index contributed by atoms with van der Waals surface area (Å²) in [5.41, 5.74) is 2.65. The highest BCUT2D eigenvalue weighted by molar-refractivity contribution is 14.1. The van der Waals surface area contributed by atoms with E-state index in [-0.39, 0.29) is 31.3 Å². The number of nitrogens with one attached hydrogen (secondary N) is 1. The van der Waals surface area contributed by atoms with Gasteiger partial charge in [0, 0.05) is 15.7 Å². The van der Waals surface area contributed by atoms with Gasteiger partial charge in [-0.25, -0.2) is 0 Å². The van der Waals surface area contributed by atoms with Crippen LogP contribution in [0.15, 0.2) is 72.8 Å². The Bertz CT molecular complexity index is 901. The number of hydrogen-bond donors (Lipinski definition) is 1. The highest BCUT2D eigenvalue weighted by atomic mass is 127. The van der Waals surface area contributed by atoms with Gasteiger partial charge in [0.05, 0.1) is 0 Å². The third-order valence-corrected chi connectivity index (χ3v) is 4.96. The van der Waals surface area contributed by atoms with E-state index < -0.39 is 0 Å². The minimum atomic E-state index is -0.246. The number of hydrogen-bond acceptors (Lipinski definition) is 4. The fourth-order valence-electron chi connectivity index (χ4n) is 2.66. The van der Waals surface area contributed by atoms with Crippen molar-refractivity contribution in [2.45, 2.75) is 13.3 Å². The lowest BCUT2D eigenvalue weighted by Gasteiger charge is -2.09. The number of Topliss-reactive ketones (excluding diaryl/α,β-unsaturated/α-hetero) is 1. The second-order valence-corrected chi connectivity index (χ2v) is 8.05. The SMILES string of the molecule is Cc1ccc(OCC(=O)Cc2ccc(NC(=O)COc3ccc(I)cc3)cc2)cc1. The molecular weight excluding hydrogens is 493 g/mol. The molecule has 0 atom stereocenters. The summed E-state index contributed by atoms with van der Waals surface area (Å²) in [6.07, 6.45) is 0.274. The highest BCUT2D eigenvalue weighted by Crippen LogP contribution is 2.15. The Morgan fingerprint density at radius 2 is 1.37 bits per heavy atom. The van der Waals surface area contributed by atoms with E-state index in [1.54, 1.807) is 12.1 Å². The summed E-state index contributed by atoms with van der Waals surface area (Å²) in [5, 5.41) is 2.78. The Morgan fingerprint density at radius 3 is 2.00 bits per heavy atom. The van der Waals surface area contributed by atoms with Gasteiger partial charge in [-0.3, -0.25) is 9.59 Å². The van der Waals surface area contributed by atoms with Gasteiger partial charge in [0.2, 0.25) is 0 Å². The first kappa shape index (κ1) is 21.8. The van der Waals surface area contributed by atoms with Crippen LogP contribution in [-0.4, -0.2) is 24.9 Å². The molecule has 0 bridgehead atoms. The maximum absolute atomic E-state index is 12.1. The summed E-state index contributed by atoms with van der Waals surface area (Å²) < 4.78 is 12.1. The molecule has 3 aromatic rings. The van der Waals surface area contributed by atoms with Crippen molar-refractivity contribution >= 4 is 40.0 Å². The van der Waals surface area contributed by atoms with E-state index in [1.807, 2.05) is 67.6 Å². The number of rotatable bonds is 9. The first-order valence-corrected chi connectivity index (χ1v) is 10.5. The number of halogens is 1. The first-order valence-electron chi connectivity index (χ1n) is 9.46. The summed E-state index contributed by atoms with van der Waals surface area (Å²) in [6, 6.07) is 22.2. The molecule has 6 heteroatoms. The first-order chi connectivity index (χ1) is 14.5. The third kappa shape index (κ3) is 7.18. The maximum atomic E-state index is 12.1. The molecule has 154 valence electrons. The zero-order chi connectivity index (χ0) is 21.3. The van der Waals surface area contributed by atoms with Crippen molar-refractivity contribution < 1.29 is 19.1 Å². The summed E-state index contributed by atoms with van der Waals surface area (Å²) in [7, 11) is 0. The van der Waals surface area contributed by atoms with Gasteiger partial charge in [0.15, 0.2) is 12.4 Å². The second-order valence-electron chi connectivity index (χ2n) is 6.80. The Labute approximate surface area is 189 Å². The molecule has 0 aliphatic carbocycles. The average molecular weight is 515 g/mol. The standard InChI is InChI=1S/C24H22INO4/c1-17-2-10-22(11-3-17)29-15-21(27)14-18-4-8-20(9-5-18)26-24(28)16-30-23-12-6-19(25)7-13-23/h2-13H,14-16H2,1H3,(H,26,28). The Hall–Kier alpha value is -2.87. The molecule has 0 unspecified atom stereocenters. The largest absolute Gasteiger partial charge is 0.486 e. The average Bonchev–Trinajstić information content (AvgIpc) is 2.74. The van der Waals surface area contributed by atoms with E-state index >= 15 is 0 Å². The van der Waals surface area contributed by atoms with Crippen LogP contribution in [0.3, 0.4) is 0 Å². The van der Waals surface area contributed by atoms with Crippen LogP contribution in [0.25, 0.3) is 0 Å². The molecule has 0 heterocycles. The van der Waals surface area contributed by atoms with Gasteiger partial charge in [-0.1, -0.05) is 29.8 Å². The van der Waals surface area contributed by atoms with E-state index in [0.717, 1.165) is 14.7 Å². The van der Waals surface area contributed by atoms with Crippen molar-refractivity contribution in [2.75, 3.05) is 18.5 Å². The van der Waals surface area contributed by atoms with Gasteiger partial charge in [-0.05, 0) is 83.6 Å². The number of benzene rings is 3. The zero-order valence-electron chi connectivity index (χ0n) is 16.6. The van der Waals surface area contributed by atoms with Gasteiger partial charge in [0.25, 0.3) is 5.91 Å². The van der Waals surface area contributed by atoms with Crippen LogP contribution in [0, 0.1) is 10.5 Å². The Kier molecular flexibility index (Phi) is 7.84. The molecule has 5 nitrogen and oxygen atoms in total. The molecule has 3 rings (SSSR count). The number of anilines is 1. The molecule has 0 aliphatic rings. The molecule has 0 saturated carbocycles. The number of carbonyl (C=O) groups excluding carboxylic acids is 2. The fraction of sp³-hybridized carbons (Fsp3) is 0.167. The van der Waals surface area contributed by atoms with Crippen molar-refractivity contribution in [2.24, 2.45) is 0 Å². The third-order valence-electron chi connectivity index (χ3n) is 4.24. The molecular formula is C24H22INO4. The lowest BCUT2D eigenvalue weighted by molar-refractivity contribution is -0.120. The predicted octanol–water partition coefficient (Wildman–Crippen LogP) is 4.81. The predicted molar refractivity (Wildman–Crippen MR) is 125 cm³/mol. The minimum Gasteiger partial charge on any atom is -0.486 e. The minimum absolute atomic E-state index is 0.0155. The molecule has 0 aromatic heterocycles. The van der Waals surface area contributed by atoms with E-state index in [1.165, 1.54) is 0 Å². The number of ether oxygens (including phenoxy) is 2. The number of ketones is 1. The quantitative estimate of drug-likeness (QED) is 0.416. The molecule has 0 saturated heterocycles.